The van der Waals surface area contributed by atoms with E-state index in [9.17, 15) is 14.0 Å². The van der Waals surface area contributed by atoms with Crippen LogP contribution in [0, 0.1) is 23.6 Å². The smallest absolute Gasteiger partial charge is 0.322 e. The molecule has 2 aliphatic heterocycles. The number of benzene rings is 1. The van der Waals surface area contributed by atoms with E-state index < -0.39 is 11.6 Å². The fraction of sp³-hybridized carbons (Fsp3) is 0.500. The van der Waals surface area contributed by atoms with Gasteiger partial charge < -0.3 is 10.2 Å². The Bertz CT molecular complexity index is 1070. The first kappa shape index (κ1) is 24.0. The van der Waals surface area contributed by atoms with Crippen LogP contribution in [0.3, 0.4) is 0 Å². The van der Waals surface area contributed by atoms with E-state index in [2.05, 4.69) is 34.1 Å². The Morgan fingerprint density at radius 1 is 1.26 bits per heavy atom. The van der Waals surface area contributed by atoms with E-state index in [0.717, 1.165) is 38.9 Å². The number of carbonyl (C=O) groups is 2. The zero-order valence-corrected chi connectivity index (χ0v) is 19.8. The zero-order valence-electron chi connectivity index (χ0n) is 19.8. The molecule has 3 amide bonds. The molecule has 1 aromatic heterocycles. The number of likely N-dealkylation sites (tertiary alicyclic amines) is 1. The quantitative estimate of drug-likeness (QED) is 0.481. The van der Waals surface area contributed by atoms with Gasteiger partial charge in [0, 0.05) is 31.4 Å². The van der Waals surface area contributed by atoms with Gasteiger partial charge in [0.2, 0.25) is 0 Å². The van der Waals surface area contributed by atoms with Crippen LogP contribution in [-0.2, 0) is 17.8 Å². The molecule has 1 N–H and O–H groups in total. The molecule has 2 atom stereocenters. The van der Waals surface area contributed by atoms with Crippen molar-refractivity contribution in [3.63, 3.8) is 0 Å². The summed E-state index contributed by atoms with van der Waals surface area (Å²) in [6.45, 7) is 6.51. The highest BCUT2D eigenvalue weighted by Gasteiger charge is 2.55. The van der Waals surface area contributed by atoms with Gasteiger partial charge in [-0.2, -0.15) is 5.10 Å². The Hall–Kier alpha value is -3.18. The first-order chi connectivity index (χ1) is 16.4. The predicted molar refractivity (Wildman–Crippen MR) is 127 cm³/mol. The fourth-order valence-corrected chi connectivity index (χ4v) is 5.22. The number of urea groups is 1. The molecular formula is C26H32FN5O2. The van der Waals surface area contributed by atoms with Crippen molar-refractivity contribution in [1.29, 1.82) is 0 Å². The molecular weight excluding hydrogens is 433 g/mol. The third-order valence-corrected chi connectivity index (χ3v) is 7.17. The molecule has 0 bridgehead atoms. The lowest BCUT2D eigenvalue weighted by Gasteiger charge is -2.42. The van der Waals surface area contributed by atoms with Crippen molar-refractivity contribution in [3.05, 3.63) is 54.1 Å². The molecule has 0 saturated carbocycles. The summed E-state index contributed by atoms with van der Waals surface area (Å²) in [6, 6.07) is 8.18. The van der Waals surface area contributed by atoms with Gasteiger partial charge in [0.15, 0.2) is 0 Å². The van der Waals surface area contributed by atoms with Crippen molar-refractivity contribution in [2.45, 2.75) is 57.7 Å². The van der Waals surface area contributed by atoms with Crippen LogP contribution in [0.25, 0.3) is 0 Å². The molecule has 34 heavy (non-hydrogen) atoms. The molecule has 0 unspecified atom stereocenters. The Balaban J connectivity index is 1.49. The van der Waals surface area contributed by atoms with Crippen LogP contribution in [0.2, 0.25) is 0 Å². The molecule has 4 rings (SSSR count). The summed E-state index contributed by atoms with van der Waals surface area (Å²) in [5.74, 6) is 4.94. The Kier molecular flexibility index (Phi) is 7.32. The highest BCUT2D eigenvalue weighted by atomic mass is 19.1. The van der Waals surface area contributed by atoms with Crippen molar-refractivity contribution in [2.24, 2.45) is 5.92 Å². The number of piperidine rings is 1. The summed E-state index contributed by atoms with van der Waals surface area (Å²) < 4.78 is 15.9. The lowest BCUT2D eigenvalue weighted by Crippen LogP contribution is -2.58. The molecule has 7 nitrogen and oxygen atoms in total. The van der Waals surface area contributed by atoms with Gasteiger partial charge in [0.1, 0.15) is 11.4 Å². The summed E-state index contributed by atoms with van der Waals surface area (Å²) in [6.07, 6.45) is 6.57. The standard InChI is InChI=1S/C26H32FN5O2/c1-3-4-14-32-24(33)26(29-25(32)34,19-21-7-5-8-23(27)18-21)22-10-15-30(16-11-22)20(2)9-17-31-13-6-12-28-31/h5-8,12-13,18,20,22H,9-11,14-17,19H2,1-2H3,(H,29,34)/t20-,26+/m0/s1. The van der Waals surface area contributed by atoms with E-state index in [-0.39, 0.29) is 30.6 Å². The predicted octanol–water partition coefficient (Wildman–Crippen LogP) is 3.07. The number of nitrogens with zero attached hydrogens (tertiary/aromatic N) is 4. The third kappa shape index (κ3) is 5.00. The molecule has 0 spiro atoms. The number of hydrogen-bond donors (Lipinski definition) is 1. The number of nitrogens with one attached hydrogen (secondary N) is 1. The van der Waals surface area contributed by atoms with Crippen molar-refractivity contribution in [3.8, 4) is 11.8 Å². The summed E-state index contributed by atoms with van der Waals surface area (Å²) in [5.41, 5.74) is -0.378. The SMILES string of the molecule is CC#CCN1C(=O)N[C@](Cc2cccc(F)c2)(C2CCN([C@@H](C)CCn3cccn3)CC2)C1=O. The van der Waals surface area contributed by atoms with E-state index >= 15 is 0 Å². The molecule has 180 valence electrons. The van der Waals surface area contributed by atoms with Crippen LogP contribution in [0.4, 0.5) is 9.18 Å². The lowest BCUT2D eigenvalue weighted by molar-refractivity contribution is -0.133. The summed E-state index contributed by atoms with van der Waals surface area (Å²) >= 11 is 0. The Morgan fingerprint density at radius 2 is 2.06 bits per heavy atom. The number of carbonyl (C=O) groups excluding carboxylic acids is 2. The monoisotopic (exact) mass is 465 g/mol. The molecule has 2 fully saturated rings. The summed E-state index contributed by atoms with van der Waals surface area (Å²) in [5, 5.41) is 7.29. The van der Waals surface area contributed by atoms with E-state index in [0.29, 0.717) is 11.6 Å². The van der Waals surface area contributed by atoms with Crippen LogP contribution in [0.15, 0.2) is 42.7 Å². The minimum absolute atomic E-state index is 0.0404. The molecule has 2 aromatic rings. The number of rotatable bonds is 8. The van der Waals surface area contributed by atoms with Crippen molar-refractivity contribution < 1.29 is 14.0 Å². The number of imide groups is 1. The second kappa shape index (κ2) is 10.4. The van der Waals surface area contributed by atoms with Gasteiger partial charge in [-0.25, -0.2) is 9.18 Å². The lowest BCUT2D eigenvalue weighted by atomic mass is 9.73. The third-order valence-electron chi connectivity index (χ3n) is 7.17. The summed E-state index contributed by atoms with van der Waals surface area (Å²) in [4.78, 5) is 30.1. The molecule has 2 aliphatic rings. The molecule has 1 aromatic carbocycles. The Morgan fingerprint density at radius 3 is 2.74 bits per heavy atom. The van der Waals surface area contributed by atoms with Crippen LogP contribution < -0.4 is 5.32 Å². The molecule has 8 heteroatoms. The fourth-order valence-electron chi connectivity index (χ4n) is 5.22. The van der Waals surface area contributed by atoms with Crippen molar-refractivity contribution >= 4 is 11.9 Å². The number of aryl methyl sites for hydroxylation is 1. The average molecular weight is 466 g/mol. The van der Waals surface area contributed by atoms with E-state index in [4.69, 9.17) is 0 Å². The van der Waals surface area contributed by atoms with Gasteiger partial charge in [-0.1, -0.05) is 18.1 Å². The van der Waals surface area contributed by atoms with Crippen molar-refractivity contribution in [2.75, 3.05) is 19.6 Å². The molecule has 0 radical (unpaired) electrons. The first-order valence-corrected chi connectivity index (χ1v) is 11.9. The topological polar surface area (TPSA) is 70.5 Å². The summed E-state index contributed by atoms with van der Waals surface area (Å²) in [7, 11) is 0. The molecule has 3 heterocycles. The highest BCUT2D eigenvalue weighted by molar-refractivity contribution is 6.07. The van der Waals surface area contributed by atoms with E-state index in [1.807, 2.05) is 23.0 Å². The van der Waals surface area contributed by atoms with Gasteiger partial charge in [0.25, 0.3) is 5.91 Å². The van der Waals surface area contributed by atoms with Gasteiger partial charge in [-0.15, -0.1) is 5.92 Å². The van der Waals surface area contributed by atoms with Crippen molar-refractivity contribution in [1.82, 2.24) is 24.9 Å². The van der Waals surface area contributed by atoms with Gasteiger partial charge in [-0.3, -0.25) is 14.4 Å². The number of hydrogen-bond acceptors (Lipinski definition) is 4. The second-order valence-electron chi connectivity index (χ2n) is 9.24. The van der Waals surface area contributed by atoms with Crippen LogP contribution in [0.1, 0.15) is 38.7 Å². The molecule has 0 aliphatic carbocycles. The van der Waals surface area contributed by atoms with Crippen LogP contribution >= 0.6 is 0 Å². The molecule has 2 saturated heterocycles. The second-order valence-corrected chi connectivity index (χ2v) is 9.24. The van der Waals surface area contributed by atoms with E-state index in [1.165, 1.54) is 17.0 Å². The van der Waals surface area contributed by atoms with Gasteiger partial charge >= 0.3 is 6.03 Å². The maximum atomic E-state index is 13.9. The van der Waals surface area contributed by atoms with Gasteiger partial charge in [-0.05, 0) is 75.9 Å². The number of halogens is 1. The van der Waals surface area contributed by atoms with Crippen LogP contribution in [0.5, 0.6) is 0 Å². The highest BCUT2D eigenvalue weighted by Crippen LogP contribution is 2.37. The Labute approximate surface area is 200 Å². The number of aromatic nitrogens is 2. The minimum atomic E-state index is -1.08. The zero-order chi connectivity index (χ0) is 24.1. The van der Waals surface area contributed by atoms with Gasteiger partial charge in [0.05, 0.1) is 6.54 Å². The minimum Gasteiger partial charge on any atom is -0.322 e. The maximum absolute atomic E-state index is 13.9. The maximum Gasteiger partial charge on any atom is 0.325 e. The first-order valence-electron chi connectivity index (χ1n) is 11.9. The largest absolute Gasteiger partial charge is 0.325 e. The van der Waals surface area contributed by atoms with E-state index in [1.54, 1.807) is 19.2 Å². The normalized spacial score (nSPS) is 22.4. The van der Waals surface area contributed by atoms with Crippen LogP contribution in [-0.4, -0.2) is 62.7 Å². The average Bonchev–Trinajstić information content (AvgIpc) is 3.43. The number of amides is 3.